The molecule has 6 aromatic rings. The molecular weight excluding hydrogens is 587 g/mol. The van der Waals surface area contributed by atoms with Gasteiger partial charge in [-0.2, -0.15) is 22.7 Å². The van der Waals surface area contributed by atoms with Crippen molar-refractivity contribution in [1.82, 2.24) is 0 Å². The van der Waals surface area contributed by atoms with E-state index in [4.69, 9.17) is 0 Å². The standard InChI is InChI=1S/2C15H13S.2ClH.Zr/c2*1-2-14-7-8-15(16-14)13-9-11-5-3-4-6-12(11)10-13;;;/h2*3-10H,2H2,1H3;2*1H;/q2*-1;;;+4/p-2. The van der Waals surface area contributed by atoms with Crippen LogP contribution < -0.4 is 24.8 Å². The molecule has 0 nitrogen and oxygen atoms in total. The fourth-order valence-corrected chi connectivity index (χ4v) is 5.90. The Kier molecular flexibility index (Phi) is 11.7. The molecule has 0 fully saturated rings. The van der Waals surface area contributed by atoms with Crippen molar-refractivity contribution >= 4 is 44.2 Å². The zero-order chi connectivity index (χ0) is 21.9. The minimum absolute atomic E-state index is 0. The minimum Gasteiger partial charge on any atom is -1.00 e. The predicted octanol–water partition coefficient (Wildman–Crippen LogP) is 3.70. The van der Waals surface area contributed by atoms with Crippen LogP contribution in [0.25, 0.3) is 42.4 Å². The Hall–Kier alpha value is -1.48. The van der Waals surface area contributed by atoms with Gasteiger partial charge in [-0.3, -0.25) is 0 Å². The van der Waals surface area contributed by atoms with E-state index in [0.717, 1.165) is 12.8 Å². The van der Waals surface area contributed by atoms with E-state index in [0.29, 0.717) is 0 Å². The summed E-state index contributed by atoms with van der Waals surface area (Å²) in [6, 6.07) is 35.1. The van der Waals surface area contributed by atoms with Gasteiger partial charge in [0.25, 0.3) is 0 Å². The van der Waals surface area contributed by atoms with Crippen LogP contribution in [0.1, 0.15) is 23.6 Å². The molecule has 0 amide bonds. The summed E-state index contributed by atoms with van der Waals surface area (Å²) in [6.45, 7) is 4.41. The van der Waals surface area contributed by atoms with Gasteiger partial charge in [0, 0.05) is 0 Å². The van der Waals surface area contributed by atoms with E-state index < -0.39 is 0 Å². The van der Waals surface area contributed by atoms with Crippen molar-refractivity contribution in [1.29, 1.82) is 0 Å². The molecule has 4 aromatic carbocycles. The summed E-state index contributed by atoms with van der Waals surface area (Å²) < 4.78 is 0. The van der Waals surface area contributed by atoms with Crippen LogP contribution in [0, 0.1) is 0 Å². The third-order valence-corrected chi connectivity index (χ3v) is 8.38. The minimum atomic E-state index is 0. The molecule has 0 N–H and O–H groups in total. The molecule has 0 bridgehead atoms. The Morgan fingerprint density at radius 3 is 1.31 bits per heavy atom. The van der Waals surface area contributed by atoms with Crippen molar-refractivity contribution in [2.45, 2.75) is 26.7 Å². The topological polar surface area (TPSA) is 0 Å². The average molecular weight is 613 g/mol. The summed E-state index contributed by atoms with van der Waals surface area (Å²) in [7, 11) is 0. The van der Waals surface area contributed by atoms with Crippen LogP contribution in [-0.2, 0) is 39.0 Å². The predicted molar refractivity (Wildman–Crippen MR) is 144 cm³/mol. The number of thiophene rings is 2. The van der Waals surface area contributed by atoms with E-state index in [1.807, 2.05) is 22.7 Å². The van der Waals surface area contributed by atoms with Gasteiger partial charge in [0.05, 0.1) is 0 Å². The summed E-state index contributed by atoms with van der Waals surface area (Å²) in [5.41, 5.74) is 2.71. The molecular formula is C30H26Cl2S2Zr. The number of halogens is 2. The van der Waals surface area contributed by atoms with Gasteiger partial charge in [-0.1, -0.05) is 74.5 Å². The largest absolute Gasteiger partial charge is 4.00 e. The maximum Gasteiger partial charge on any atom is 4.00 e. The zero-order valence-corrected chi connectivity index (χ0v) is 25.3. The van der Waals surface area contributed by atoms with E-state index in [-0.39, 0.29) is 51.0 Å². The van der Waals surface area contributed by atoms with Crippen LogP contribution in [0.3, 0.4) is 0 Å². The molecule has 0 aliphatic rings. The molecule has 0 saturated heterocycles. The number of aryl methyl sites for hydroxylation is 2. The maximum absolute atomic E-state index is 2.28. The van der Waals surface area contributed by atoms with E-state index >= 15 is 0 Å². The summed E-state index contributed by atoms with van der Waals surface area (Å²) in [5, 5.41) is 5.35. The van der Waals surface area contributed by atoms with Crippen LogP contribution in [0.4, 0.5) is 0 Å². The zero-order valence-electron chi connectivity index (χ0n) is 19.7. The number of hydrogen-bond acceptors (Lipinski definition) is 2. The first-order chi connectivity index (χ1) is 15.7. The van der Waals surface area contributed by atoms with E-state index in [2.05, 4.69) is 111 Å². The van der Waals surface area contributed by atoms with Crippen LogP contribution in [0.2, 0.25) is 0 Å². The molecule has 5 heteroatoms. The third kappa shape index (κ3) is 6.85. The molecule has 2 aromatic heterocycles. The van der Waals surface area contributed by atoms with Gasteiger partial charge in [-0.05, 0) is 32.4 Å². The normalized spacial score (nSPS) is 10.1. The first kappa shape index (κ1) is 29.8. The summed E-state index contributed by atoms with van der Waals surface area (Å²) in [6.07, 6.45) is 2.26. The number of fused-ring (bicyclic) bond motifs is 2. The molecule has 176 valence electrons. The number of rotatable bonds is 4. The third-order valence-electron chi connectivity index (χ3n) is 5.83. The van der Waals surface area contributed by atoms with E-state index in [9.17, 15) is 0 Å². The Bertz CT molecular complexity index is 1290. The second-order valence-electron chi connectivity index (χ2n) is 7.98. The van der Waals surface area contributed by atoms with E-state index in [1.54, 1.807) is 0 Å². The van der Waals surface area contributed by atoms with Gasteiger partial charge >= 0.3 is 26.2 Å². The Morgan fingerprint density at radius 1 is 0.571 bits per heavy atom. The van der Waals surface area contributed by atoms with Crippen molar-refractivity contribution in [2.24, 2.45) is 0 Å². The van der Waals surface area contributed by atoms with E-state index in [1.165, 1.54) is 52.2 Å². The fourth-order valence-electron chi connectivity index (χ4n) is 4.03. The van der Waals surface area contributed by atoms with Crippen LogP contribution in [0.15, 0.2) is 97.1 Å². The maximum atomic E-state index is 2.28. The van der Waals surface area contributed by atoms with Gasteiger partial charge < -0.3 is 24.8 Å². The summed E-state index contributed by atoms with van der Waals surface area (Å²) >= 11 is 3.80. The second-order valence-corrected chi connectivity index (χ2v) is 10.3. The number of hydrogen-bond donors (Lipinski definition) is 0. The molecule has 6 rings (SSSR count). The van der Waals surface area contributed by atoms with Gasteiger partial charge in [-0.15, -0.1) is 69.1 Å². The number of benzene rings is 2. The van der Waals surface area contributed by atoms with Crippen molar-refractivity contribution < 1.29 is 51.0 Å². The first-order valence-corrected chi connectivity index (χ1v) is 12.9. The first-order valence-electron chi connectivity index (χ1n) is 11.2. The summed E-state index contributed by atoms with van der Waals surface area (Å²) in [4.78, 5) is 5.68. The van der Waals surface area contributed by atoms with Crippen LogP contribution in [0.5, 0.6) is 0 Å². The average Bonchev–Trinajstić information content (AvgIpc) is 3.62. The van der Waals surface area contributed by atoms with Crippen molar-refractivity contribution in [3.63, 3.8) is 0 Å². The molecule has 2 heterocycles. The molecule has 0 aliphatic carbocycles. The van der Waals surface area contributed by atoms with Crippen LogP contribution in [-0.4, -0.2) is 0 Å². The molecule has 0 unspecified atom stereocenters. The van der Waals surface area contributed by atoms with Crippen molar-refractivity contribution in [3.8, 4) is 20.9 Å². The van der Waals surface area contributed by atoms with Crippen LogP contribution >= 0.6 is 22.7 Å². The molecule has 0 radical (unpaired) electrons. The quantitative estimate of drug-likeness (QED) is 0.267. The Labute approximate surface area is 247 Å². The Morgan fingerprint density at radius 2 is 0.971 bits per heavy atom. The molecule has 35 heavy (non-hydrogen) atoms. The van der Waals surface area contributed by atoms with Crippen molar-refractivity contribution in [3.05, 3.63) is 107 Å². The molecule has 0 spiro atoms. The van der Waals surface area contributed by atoms with Gasteiger partial charge in [0.15, 0.2) is 0 Å². The molecule has 0 atom stereocenters. The monoisotopic (exact) mass is 610 g/mol. The fraction of sp³-hybridized carbons (Fsp3) is 0.133. The molecule has 0 saturated carbocycles. The molecule has 0 aliphatic heterocycles. The van der Waals surface area contributed by atoms with Gasteiger partial charge in [-0.25, -0.2) is 0 Å². The van der Waals surface area contributed by atoms with Crippen molar-refractivity contribution in [2.75, 3.05) is 0 Å². The van der Waals surface area contributed by atoms with Gasteiger partial charge in [0.1, 0.15) is 0 Å². The SMILES string of the molecule is CCc1ccc(-c2cc3ccccc3[cH-]2)s1.CCc1ccc(-c2cc3ccccc3[cH-]2)s1.[Cl-].[Cl-].[Zr+4]. The smallest absolute Gasteiger partial charge is 1.00 e. The van der Waals surface area contributed by atoms with Gasteiger partial charge in [0.2, 0.25) is 0 Å². The summed E-state index contributed by atoms with van der Waals surface area (Å²) in [5.74, 6) is 0. The second kappa shape index (κ2) is 13.7. The Balaban J connectivity index is 0.000000227.